The highest BCUT2D eigenvalue weighted by Crippen LogP contribution is 2.41. The van der Waals surface area contributed by atoms with Crippen molar-refractivity contribution in [3.8, 4) is 17.1 Å². The summed E-state index contributed by atoms with van der Waals surface area (Å²) in [5.74, 6) is 1.29. The summed E-state index contributed by atoms with van der Waals surface area (Å²) in [6, 6.07) is 7.61. The van der Waals surface area contributed by atoms with Gasteiger partial charge in [0.15, 0.2) is 5.82 Å². The Bertz CT molecular complexity index is 1250. The number of carbonyl (C=O) groups excluding carboxylic acids is 1. The van der Waals surface area contributed by atoms with Crippen LogP contribution in [0, 0.1) is 5.41 Å². The highest BCUT2D eigenvalue weighted by atomic mass is 19.4. The van der Waals surface area contributed by atoms with E-state index in [1.165, 1.54) is 6.20 Å². The molecule has 0 bridgehead atoms. The molecule has 9 nitrogen and oxygen atoms in total. The van der Waals surface area contributed by atoms with E-state index in [-0.39, 0.29) is 17.1 Å². The summed E-state index contributed by atoms with van der Waals surface area (Å²) in [6.45, 7) is 4.59. The van der Waals surface area contributed by atoms with Gasteiger partial charge in [0.05, 0.1) is 0 Å². The molecule has 2 aliphatic rings. The van der Waals surface area contributed by atoms with Crippen molar-refractivity contribution in [2.24, 2.45) is 5.41 Å². The lowest BCUT2D eigenvalue weighted by Gasteiger charge is -2.55. The van der Waals surface area contributed by atoms with Crippen molar-refractivity contribution in [1.82, 2.24) is 24.8 Å². The predicted octanol–water partition coefficient (Wildman–Crippen LogP) is 4.02. The van der Waals surface area contributed by atoms with E-state index in [9.17, 15) is 18.0 Å². The van der Waals surface area contributed by atoms with Crippen LogP contribution in [0.3, 0.4) is 0 Å². The van der Waals surface area contributed by atoms with Crippen LogP contribution in [-0.2, 0) is 4.79 Å². The molecule has 188 valence electrons. The maximum atomic E-state index is 12.6. The molecule has 0 saturated carbocycles. The number of halogens is 3. The summed E-state index contributed by atoms with van der Waals surface area (Å²) in [5.41, 5.74) is 0.724. The van der Waals surface area contributed by atoms with Crippen molar-refractivity contribution < 1.29 is 22.7 Å². The molecule has 1 spiro atoms. The van der Waals surface area contributed by atoms with Crippen molar-refractivity contribution in [2.45, 2.75) is 26.1 Å². The molecule has 3 aromatic heterocycles. The number of likely N-dealkylation sites (tertiary alicyclic amines) is 1. The van der Waals surface area contributed by atoms with Gasteiger partial charge in [-0.3, -0.25) is 9.78 Å². The highest BCUT2D eigenvalue weighted by Gasteiger charge is 2.46. The normalized spacial score (nSPS) is 17.0. The molecule has 36 heavy (non-hydrogen) atoms. The summed E-state index contributed by atoms with van der Waals surface area (Å²) in [6.07, 6.45) is 1.70. The standard InChI is InChI=1S/C24H24F3N7O2/c1-16(35)33-9-3-6-23(13-33)14-34(15-23)21-11-20(31-22(32-21)17-4-2-7-28-12-17)30-19-10-18(5-8-29-19)36-24(25,26)27/h2,4-5,7-8,10-12H,3,6,9,13-15H2,1H3,(H,29,30,31,32). The summed E-state index contributed by atoms with van der Waals surface area (Å²) in [7, 11) is 0. The second-order valence-corrected chi connectivity index (χ2v) is 9.13. The molecule has 1 amide bonds. The van der Waals surface area contributed by atoms with Gasteiger partial charge in [-0.1, -0.05) is 0 Å². The first-order valence-electron chi connectivity index (χ1n) is 11.5. The summed E-state index contributed by atoms with van der Waals surface area (Å²) in [4.78, 5) is 33.4. The zero-order valence-corrected chi connectivity index (χ0v) is 19.5. The number of aromatic nitrogens is 4. The lowest BCUT2D eigenvalue weighted by Crippen LogP contribution is -2.63. The number of nitrogens with zero attached hydrogens (tertiary/aromatic N) is 6. The van der Waals surface area contributed by atoms with E-state index >= 15 is 0 Å². The zero-order chi connectivity index (χ0) is 25.3. The number of pyridine rings is 2. The topological polar surface area (TPSA) is 96.4 Å². The molecule has 0 atom stereocenters. The highest BCUT2D eigenvalue weighted by molar-refractivity contribution is 5.73. The van der Waals surface area contributed by atoms with Gasteiger partial charge < -0.3 is 19.9 Å². The second-order valence-electron chi connectivity index (χ2n) is 9.13. The Kier molecular flexibility index (Phi) is 6.10. The van der Waals surface area contributed by atoms with Crippen LogP contribution in [0.25, 0.3) is 11.4 Å². The number of hydrogen-bond donors (Lipinski definition) is 1. The molecule has 1 N–H and O–H groups in total. The van der Waals surface area contributed by atoms with E-state index in [2.05, 4.69) is 29.9 Å². The minimum Gasteiger partial charge on any atom is -0.406 e. The Balaban J connectivity index is 1.41. The largest absolute Gasteiger partial charge is 0.573 e. The second kappa shape index (κ2) is 9.25. The van der Waals surface area contributed by atoms with Crippen LogP contribution in [0.4, 0.5) is 30.6 Å². The number of rotatable bonds is 5. The number of hydrogen-bond acceptors (Lipinski definition) is 8. The van der Waals surface area contributed by atoms with Gasteiger partial charge in [-0.25, -0.2) is 15.0 Å². The van der Waals surface area contributed by atoms with Crippen molar-refractivity contribution >= 4 is 23.4 Å². The molecular formula is C24H24F3N7O2. The molecule has 0 unspecified atom stereocenters. The molecule has 2 saturated heterocycles. The molecule has 0 aliphatic carbocycles. The molecule has 5 heterocycles. The number of carbonyl (C=O) groups is 1. The van der Waals surface area contributed by atoms with Crippen LogP contribution in [0.2, 0.25) is 0 Å². The quantitative estimate of drug-likeness (QED) is 0.562. The Morgan fingerprint density at radius 1 is 1.11 bits per heavy atom. The van der Waals surface area contributed by atoms with E-state index in [4.69, 9.17) is 4.98 Å². The van der Waals surface area contributed by atoms with Gasteiger partial charge in [0.2, 0.25) is 5.91 Å². The lowest BCUT2D eigenvalue weighted by molar-refractivity contribution is -0.274. The van der Waals surface area contributed by atoms with Gasteiger partial charge in [-0.05, 0) is 31.0 Å². The number of piperidine rings is 1. The monoisotopic (exact) mass is 499 g/mol. The Morgan fingerprint density at radius 3 is 2.67 bits per heavy atom. The van der Waals surface area contributed by atoms with E-state index in [1.807, 2.05) is 11.0 Å². The summed E-state index contributed by atoms with van der Waals surface area (Å²) < 4.78 is 41.9. The first kappa shape index (κ1) is 23.8. The van der Waals surface area contributed by atoms with Gasteiger partial charge in [-0.2, -0.15) is 0 Å². The maximum Gasteiger partial charge on any atom is 0.573 e. The molecule has 5 rings (SSSR count). The molecule has 0 radical (unpaired) electrons. The number of alkyl halides is 3. The first-order chi connectivity index (χ1) is 17.2. The van der Waals surface area contributed by atoms with Gasteiger partial charge in [0.25, 0.3) is 0 Å². The minimum absolute atomic E-state index is 0.0295. The fraction of sp³-hybridized carbons (Fsp3) is 0.375. The van der Waals surface area contributed by atoms with E-state index in [0.29, 0.717) is 23.0 Å². The third-order valence-electron chi connectivity index (χ3n) is 6.34. The number of ether oxygens (including phenoxy) is 1. The van der Waals surface area contributed by atoms with Crippen LogP contribution in [0.5, 0.6) is 5.75 Å². The van der Waals surface area contributed by atoms with E-state index in [1.54, 1.807) is 31.5 Å². The Morgan fingerprint density at radius 2 is 1.94 bits per heavy atom. The fourth-order valence-corrected chi connectivity index (χ4v) is 4.75. The average Bonchev–Trinajstić information content (AvgIpc) is 2.82. The number of nitrogens with one attached hydrogen (secondary N) is 1. The third-order valence-corrected chi connectivity index (χ3v) is 6.34. The molecule has 0 aromatic carbocycles. The average molecular weight is 499 g/mol. The molecule has 2 fully saturated rings. The fourth-order valence-electron chi connectivity index (χ4n) is 4.75. The van der Waals surface area contributed by atoms with Crippen LogP contribution >= 0.6 is 0 Å². The molecule has 2 aliphatic heterocycles. The van der Waals surface area contributed by atoms with Gasteiger partial charge in [-0.15, -0.1) is 13.2 Å². The van der Waals surface area contributed by atoms with Crippen LogP contribution in [0.1, 0.15) is 19.8 Å². The molecular weight excluding hydrogens is 475 g/mol. The van der Waals surface area contributed by atoms with Crippen molar-refractivity contribution in [3.05, 3.63) is 48.9 Å². The van der Waals surface area contributed by atoms with Gasteiger partial charge in [0, 0.05) is 74.8 Å². The van der Waals surface area contributed by atoms with Crippen molar-refractivity contribution in [2.75, 3.05) is 36.4 Å². The van der Waals surface area contributed by atoms with E-state index < -0.39 is 12.1 Å². The maximum absolute atomic E-state index is 12.6. The predicted molar refractivity (Wildman–Crippen MR) is 126 cm³/mol. The molecule has 3 aromatic rings. The number of amides is 1. The minimum atomic E-state index is -4.81. The molecule has 12 heteroatoms. The zero-order valence-electron chi connectivity index (χ0n) is 19.5. The van der Waals surface area contributed by atoms with Crippen molar-refractivity contribution in [3.63, 3.8) is 0 Å². The smallest absolute Gasteiger partial charge is 0.406 e. The van der Waals surface area contributed by atoms with Gasteiger partial charge >= 0.3 is 6.36 Å². The first-order valence-corrected chi connectivity index (χ1v) is 11.5. The SMILES string of the molecule is CC(=O)N1CCCC2(C1)CN(c1cc(Nc3cc(OC(F)(F)F)ccn3)nc(-c3cccnc3)n1)C2. The Hall–Kier alpha value is -3.96. The number of anilines is 3. The summed E-state index contributed by atoms with van der Waals surface area (Å²) in [5, 5.41) is 2.97. The van der Waals surface area contributed by atoms with Crippen LogP contribution < -0.4 is 15.0 Å². The van der Waals surface area contributed by atoms with Crippen LogP contribution in [-0.4, -0.2) is 63.3 Å². The third kappa shape index (κ3) is 5.31. The van der Waals surface area contributed by atoms with Crippen molar-refractivity contribution in [1.29, 1.82) is 0 Å². The van der Waals surface area contributed by atoms with E-state index in [0.717, 1.165) is 51.2 Å². The Labute approximate surface area is 205 Å². The van der Waals surface area contributed by atoms with Gasteiger partial charge in [0.1, 0.15) is 23.2 Å². The van der Waals surface area contributed by atoms with Crippen LogP contribution in [0.15, 0.2) is 48.9 Å². The lowest BCUT2D eigenvalue weighted by atomic mass is 9.73. The summed E-state index contributed by atoms with van der Waals surface area (Å²) >= 11 is 0.